The fourth-order valence-corrected chi connectivity index (χ4v) is 2.80. The summed E-state index contributed by atoms with van der Waals surface area (Å²) in [6, 6.07) is 5.82. The van der Waals surface area contributed by atoms with Crippen LogP contribution >= 0.6 is 0 Å². The Labute approximate surface area is 112 Å². The van der Waals surface area contributed by atoms with Gasteiger partial charge in [0.25, 0.3) is 5.91 Å². The minimum absolute atomic E-state index is 0.116. The van der Waals surface area contributed by atoms with E-state index in [0.717, 1.165) is 18.4 Å². The second-order valence-corrected chi connectivity index (χ2v) is 5.03. The van der Waals surface area contributed by atoms with Crippen molar-refractivity contribution in [2.45, 2.75) is 25.7 Å². The second kappa shape index (κ2) is 4.70. The van der Waals surface area contributed by atoms with Gasteiger partial charge < -0.3 is 4.98 Å². The molecule has 0 unspecified atom stereocenters. The summed E-state index contributed by atoms with van der Waals surface area (Å²) in [5.41, 5.74) is 4.52. The van der Waals surface area contributed by atoms with E-state index in [0.29, 0.717) is 5.56 Å². The van der Waals surface area contributed by atoms with Gasteiger partial charge in [0, 0.05) is 29.2 Å². The Morgan fingerprint density at radius 3 is 2.89 bits per heavy atom. The van der Waals surface area contributed by atoms with Crippen molar-refractivity contribution in [3.8, 4) is 0 Å². The van der Waals surface area contributed by atoms with Gasteiger partial charge in [-0.2, -0.15) is 0 Å². The standard InChI is InChI=1S/C15H18N2O2/c1-17(19-2)15(18)10-7-8-14-12(9-10)11-5-3-4-6-13(11)16-14/h7-9,16H,3-6H2,1-2H3. The fourth-order valence-electron chi connectivity index (χ4n) is 2.80. The minimum atomic E-state index is -0.116. The summed E-state index contributed by atoms with van der Waals surface area (Å²) in [6.45, 7) is 0. The van der Waals surface area contributed by atoms with Gasteiger partial charge in [0.1, 0.15) is 0 Å². The molecule has 1 heterocycles. The average Bonchev–Trinajstić information content (AvgIpc) is 2.83. The quantitative estimate of drug-likeness (QED) is 0.842. The molecule has 4 heteroatoms. The topological polar surface area (TPSA) is 45.3 Å². The molecule has 1 N–H and O–H groups in total. The number of aromatic amines is 1. The molecule has 1 aliphatic carbocycles. The summed E-state index contributed by atoms with van der Waals surface area (Å²) in [5.74, 6) is -0.116. The Balaban J connectivity index is 2.07. The van der Waals surface area contributed by atoms with Gasteiger partial charge in [0.2, 0.25) is 0 Å². The molecule has 0 fully saturated rings. The number of H-pyrrole nitrogens is 1. The maximum Gasteiger partial charge on any atom is 0.277 e. The van der Waals surface area contributed by atoms with Crippen molar-refractivity contribution in [2.24, 2.45) is 0 Å². The number of carbonyl (C=O) groups excluding carboxylic acids is 1. The number of aromatic nitrogens is 1. The number of rotatable bonds is 2. The SMILES string of the molecule is CON(C)C(=O)c1ccc2[nH]c3c(c2c1)CCCC3. The molecule has 0 saturated heterocycles. The monoisotopic (exact) mass is 258 g/mol. The fraction of sp³-hybridized carbons (Fsp3) is 0.400. The van der Waals surface area contributed by atoms with Crippen LogP contribution in [0.1, 0.15) is 34.5 Å². The van der Waals surface area contributed by atoms with Crippen LogP contribution in [0.4, 0.5) is 0 Å². The lowest BCUT2D eigenvalue weighted by Crippen LogP contribution is -2.25. The zero-order valence-electron chi connectivity index (χ0n) is 11.3. The van der Waals surface area contributed by atoms with Gasteiger partial charge in [-0.25, -0.2) is 5.06 Å². The molecular weight excluding hydrogens is 240 g/mol. The third-order valence-corrected chi connectivity index (χ3v) is 3.90. The van der Waals surface area contributed by atoms with E-state index in [9.17, 15) is 4.79 Å². The van der Waals surface area contributed by atoms with Crippen LogP contribution in [0.2, 0.25) is 0 Å². The summed E-state index contributed by atoms with van der Waals surface area (Å²) in [6.07, 6.45) is 4.70. The Morgan fingerprint density at radius 1 is 1.32 bits per heavy atom. The first-order valence-corrected chi connectivity index (χ1v) is 6.66. The Kier molecular flexibility index (Phi) is 3.03. The molecule has 1 aromatic carbocycles. The van der Waals surface area contributed by atoms with Gasteiger partial charge in [0.05, 0.1) is 7.11 Å². The smallest absolute Gasteiger partial charge is 0.277 e. The lowest BCUT2D eigenvalue weighted by molar-refractivity contribution is -0.0756. The number of hydrogen-bond acceptors (Lipinski definition) is 2. The van der Waals surface area contributed by atoms with E-state index >= 15 is 0 Å². The first kappa shape index (κ1) is 12.2. The molecule has 3 rings (SSSR count). The predicted octanol–water partition coefficient (Wildman–Crippen LogP) is 2.68. The highest BCUT2D eigenvalue weighted by atomic mass is 16.7. The lowest BCUT2D eigenvalue weighted by Gasteiger charge is -2.14. The molecule has 1 amide bonds. The van der Waals surface area contributed by atoms with Crippen molar-refractivity contribution < 1.29 is 9.63 Å². The molecule has 0 bridgehead atoms. The van der Waals surface area contributed by atoms with E-state index in [2.05, 4.69) is 4.98 Å². The van der Waals surface area contributed by atoms with Gasteiger partial charge in [0.15, 0.2) is 0 Å². The van der Waals surface area contributed by atoms with Crippen molar-refractivity contribution in [2.75, 3.05) is 14.2 Å². The van der Waals surface area contributed by atoms with Crippen LogP contribution < -0.4 is 0 Å². The summed E-state index contributed by atoms with van der Waals surface area (Å²) in [5, 5.41) is 2.44. The van der Waals surface area contributed by atoms with Crippen LogP contribution in [-0.2, 0) is 17.7 Å². The van der Waals surface area contributed by atoms with Gasteiger partial charge in [-0.15, -0.1) is 0 Å². The van der Waals surface area contributed by atoms with Crippen LogP contribution in [0.3, 0.4) is 0 Å². The van der Waals surface area contributed by atoms with Crippen LogP contribution in [0, 0.1) is 0 Å². The molecule has 0 aliphatic heterocycles. The van der Waals surface area contributed by atoms with E-state index < -0.39 is 0 Å². The lowest BCUT2D eigenvalue weighted by atomic mass is 9.95. The molecule has 0 spiro atoms. The van der Waals surface area contributed by atoms with Crippen LogP contribution in [-0.4, -0.2) is 30.1 Å². The number of hydroxylamine groups is 2. The zero-order valence-corrected chi connectivity index (χ0v) is 11.3. The van der Waals surface area contributed by atoms with E-state index in [1.54, 1.807) is 7.05 Å². The minimum Gasteiger partial charge on any atom is -0.358 e. The molecule has 1 aromatic heterocycles. The second-order valence-electron chi connectivity index (χ2n) is 5.03. The first-order chi connectivity index (χ1) is 9.20. The number of fused-ring (bicyclic) bond motifs is 3. The zero-order chi connectivity index (χ0) is 13.4. The van der Waals surface area contributed by atoms with Gasteiger partial charge in [-0.05, 0) is 49.4 Å². The van der Waals surface area contributed by atoms with E-state index in [1.165, 1.54) is 41.7 Å². The van der Waals surface area contributed by atoms with Crippen molar-refractivity contribution >= 4 is 16.8 Å². The highest BCUT2D eigenvalue weighted by molar-refractivity contribution is 5.98. The largest absolute Gasteiger partial charge is 0.358 e. The number of hydrogen-bond donors (Lipinski definition) is 1. The van der Waals surface area contributed by atoms with Gasteiger partial charge in [-0.1, -0.05) is 0 Å². The number of aryl methyl sites for hydroxylation is 2. The van der Waals surface area contributed by atoms with E-state index in [1.807, 2.05) is 18.2 Å². The molecule has 0 atom stereocenters. The number of benzene rings is 1. The van der Waals surface area contributed by atoms with Gasteiger partial charge >= 0.3 is 0 Å². The Hall–Kier alpha value is -1.81. The molecule has 1 aliphatic rings. The molecule has 0 radical (unpaired) electrons. The van der Waals surface area contributed by atoms with E-state index in [4.69, 9.17) is 4.84 Å². The van der Waals surface area contributed by atoms with Crippen LogP contribution in [0.5, 0.6) is 0 Å². The van der Waals surface area contributed by atoms with Crippen molar-refractivity contribution in [3.63, 3.8) is 0 Å². The van der Waals surface area contributed by atoms with Crippen molar-refractivity contribution in [1.29, 1.82) is 0 Å². The Morgan fingerprint density at radius 2 is 2.11 bits per heavy atom. The number of nitrogens with zero attached hydrogens (tertiary/aromatic N) is 1. The molecule has 4 nitrogen and oxygen atoms in total. The van der Waals surface area contributed by atoms with Crippen molar-refractivity contribution in [1.82, 2.24) is 10.0 Å². The maximum atomic E-state index is 12.1. The van der Waals surface area contributed by atoms with Crippen molar-refractivity contribution in [3.05, 3.63) is 35.0 Å². The molecule has 100 valence electrons. The highest BCUT2D eigenvalue weighted by Gasteiger charge is 2.18. The summed E-state index contributed by atoms with van der Waals surface area (Å²) >= 11 is 0. The third kappa shape index (κ3) is 2.02. The van der Waals surface area contributed by atoms with Crippen LogP contribution in [0.15, 0.2) is 18.2 Å². The maximum absolute atomic E-state index is 12.1. The van der Waals surface area contributed by atoms with Crippen LogP contribution in [0.25, 0.3) is 10.9 Å². The first-order valence-electron chi connectivity index (χ1n) is 6.66. The molecule has 2 aromatic rings. The van der Waals surface area contributed by atoms with E-state index in [-0.39, 0.29) is 5.91 Å². The summed E-state index contributed by atoms with van der Waals surface area (Å²) in [7, 11) is 3.12. The number of carbonyl (C=O) groups is 1. The molecular formula is C15H18N2O2. The number of nitrogens with one attached hydrogen (secondary N) is 1. The molecule has 0 saturated carbocycles. The molecule has 19 heavy (non-hydrogen) atoms. The van der Waals surface area contributed by atoms with Gasteiger partial charge in [-0.3, -0.25) is 9.63 Å². The third-order valence-electron chi connectivity index (χ3n) is 3.90. The normalized spacial score (nSPS) is 14.4. The predicted molar refractivity (Wildman–Crippen MR) is 74.0 cm³/mol. The average molecular weight is 258 g/mol. The summed E-state index contributed by atoms with van der Waals surface area (Å²) in [4.78, 5) is 20.5. The number of amides is 1. The summed E-state index contributed by atoms with van der Waals surface area (Å²) < 4.78 is 0. The Bertz CT molecular complexity index is 630. The highest BCUT2D eigenvalue weighted by Crippen LogP contribution is 2.29.